The minimum atomic E-state index is -0.943. The van der Waals surface area contributed by atoms with Crippen LogP contribution >= 0.6 is 11.6 Å². The van der Waals surface area contributed by atoms with Gasteiger partial charge in [0.25, 0.3) is 5.56 Å². The first-order valence-electron chi connectivity index (χ1n) is 6.81. The zero-order chi connectivity index (χ0) is 14.8. The smallest absolute Gasteiger partial charge is 0.287 e. The van der Waals surface area contributed by atoms with E-state index in [1.807, 2.05) is 13.8 Å². The quantitative estimate of drug-likeness (QED) is 0.856. The lowest BCUT2D eigenvalue weighted by atomic mass is 9.97. The van der Waals surface area contributed by atoms with Crippen LogP contribution in [0.4, 0.5) is 5.69 Å². The van der Waals surface area contributed by atoms with Crippen molar-refractivity contribution in [3.8, 4) is 0 Å². The third kappa shape index (κ3) is 2.97. The summed E-state index contributed by atoms with van der Waals surface area (Å²) in [6.07, 6.45) is 2.63. The Balaban J connectivity index is 2.11. The van der Waals surface area contributed by atoms with Gasteiger partial charge in [0, 0.05) is 26.1 Å². The van der Waals surface area contributed by atoms with E-state index in [-0.39, 0.29) is 23.2 Å². The molecule has 6 nitrogen and oxygen atoms in total. The van der Waals surface area contributed by atoms with Gasteiger partial charge in [0.1, 0.15) is 10.6 Å². The van der Waals surface area contributed by atoms with E-state index in [2.05, 4.69) is 10.4 Å². The average Bonchev–Trinajstić information content (AvgIpc) is 2.75. The van der Waals surface area contributed by atoms with Crippen LogP contribution in [-0.4, -0.2) is 39.7 Å². The van der Waals surface area contributed by atoms with E-state index in [9.17, 15) is 9.90 Å². The molecule has 2 rings (SSSR count). The SMILES string of the molecule is CCCn1ncc(NCC2(O)CCOC2C)c(Cl)c1=O. The summed E-state index contributed by atoms with van der Waals surface area (Å²) < 4.78 is 6.69. The van der Waals surface area contributed by atoms with Gasteiger partial charge in [-0.3, -0.25) is 4.79 Å². The van der Waals surface area contributed by atoms with Crippen LogP contribution < -0.4 is 10.9 Å². The molecule has 2 atom stereocenters. The fourth-order valence-electron chi connectivity index (χ4n) is 2.21. The summed E-state index contributed by atoms with van der Waals surface area (Å²) in [7, 11) is 0. The molecule has 0 spiro atoms. The normalized spacial score (nSPS) is 25.9. The number of aryl methyl sites for hydroxylation is 1. The molecule has 0 aromatic carbocycles. The molecule has 1 aromatic heterocycles. The largest absolute Gasteiger partial charge is 0.385 e. The highest BCUT2D eigenvalue weighted by atomic mass is 35.5. The third-order valence-electron chi connectivity index (χ3n) is 3.66. The van der Waals surface area contributed by atoms with Crippen molar-refractivity contribution in [1.29, 1.82) is 0 Å². The lowest BCUT2D eigenvalue weighted by Crippen LogP contribution is -2.43. The predicted octanol–water partition coefficient (Wildman–Crippen LogP) is 1.26. The molecule has 0 bridgehead atoms. The second-order valence-corrected chi connectivity index (χ2v) is 5.50. The number of anilines is 1. The van der Waals surface area contributed by atoms with E-state index < -0.39 is 5.60 Å². The maximum Gasteiger partial charge on any atom is 0.287 e. The van der Waals surface area contributed by atoms with Crippen molar-refractivity contribution in [3.05, 3.63) is 21.6 Å². The zero-order valence-electron chi connectivity index (χ0n) is 11.7. The van der Waals surface area contributed by atoms with Crippen molar-refractivity contribution in [2.24, 2.45) is 0 Å². The Hall–Kier alpha value is -1.11. The zero-order valence-corrected chi connectivity index (χ0v) is 12.5. The van der Waals surface area contributed by atoms with E-state index in [4.69, 9.17) is 16.3 Å². The summed E-state index contributed by atoms with van der Waals surface area (Å²) in [6.45, 7) is 5.13. The second kappa shape index (κ2) is 6.11. The maximum atomic E-state index is 12.0. The molecule has 1 aliphatic heterocycles. The first-order valence-corrected chi connectivity index (χ1v) is 7.19. The summed E-state index contributed by atoms with van der Waals surface area (Å²) >= 11 is 6.05. The Morgan fingerprint density at radius 3 is 3.05 bits per heavy atom. The van der Waals surface area contributed by atoms with Gasteiger partial charge in [-0.2, -0.15) is 5.10 Å². The van der Waals surface area contributed by atoms with E-state index in [0.717, 1.165) is 6.42 Å². The summed E-state index contributed by atoms with van der Waals surface area (Å²) in [6, 6.07) is 0. The molecule has 2 N–H and O–H groups in total. The van der Waals surface area contributed by atoms with E-state index in [1.165, 1.54) is 10.9 Å². The molecule has 20 heavy (non-hydrogen) atoms. The van der Waals surface area contributed by atoms with Gasteiger partial charge in [0.2, 0.25) is 0 Å². The highest BCUT2D eigenvalue weighted by Gasteiger charge is 2.39. The molecule has 7 heteroatoms. The minimum absolute atomic E-state index is 0.101. The van der Waals surface area contributed by atoms with Crippen molar-refractivity contribution in [3.63, 3.8) is 0 Å². The van der Waals surface area contributed by atoms with E-state index in [1.54, 1.807) is 0 Å². The Morgan fingerprint density at radius 2 is 2.45 bits per heavy atom. The van der Waals surface area contributed by atoms with Crippen molar-refractivity contribution in [2.45, 2.75) is 44.9 Å². The first-order chi connectivity index (χ1) is 9.48. The van der Waals surface area contributed by atoms with Gasteiger partial charge in [-0.05, 0) is 13.3 Å². The fourth-order valence-corrected chi connectivity index (χ4v) is 2.42. The Kier molecular flexibility index (Phi) is 4.67. The van der Waals surface area contributed by atoms with E-state index in [0.29, 0.717) is 25.3 Å². The predicted molar refractivity (Wildman–Crippen MR) is 77.3 cm³/mol. The molecule has 0 radical (unpaired) electrons. The fraction of sp³-hybridized carbons (Fsp3) is 0.692. The monoisotopic (exact) mass is 301 g/mol. The molecule has 2 unspecified atom stereocenters. The second-order valence-electron chi connectivity index (χ2n) is 5.12. The van der Waals surface area contributed by atoms with Crippen LogP contribution in [0.1, 0.15) is 26.7 Å². The van der Waals surface area contributed by atoms with Crippen LogP contribution in [0.25, 0.3) is 0 Å². The van der Waals surface area contributed by atoms with Crippen LogP contribution in [0.2, 0.25) is 5.02 Å². The van der Waals surface area contributed by atoms with Crippen molar-refractivity contribution >= 4 is 17.3 Å². The summed E-state index contributed by atoms with van der Waals surface area (Å²) in [4.78, 5) is 12.0. The molecule has 1 aromatic rings. The van der Waals surface area contributed by atoms with Gasteiger partial charge < -0.3 is 15.2 Å². The van der Waals surface area contributed by atoms with Crippen molar-refractivity contribution in [2.75, 3.05) is 18.5 Å². The molecule has 2 heterocycles. The number of halogens is 1. The number of aromatic nitrogens is 2. The average molecular weight is 302 g/mol. The maximum absolute atomic E-state index is 12.0. The minimum Gasteiger partial charge on any atom is -0.385 e. The molecule has 0 amide bonds. The van der Waals surface area contributed by atoms with Gasteiger partial charge in [-0.1, -0.05) is 18.5 Å². The molecular formula is C13H20ClN3O3. The molecule has 112 valence electrons. The van der Waals surface area contributed by atoms with Gasteiger partial charge in [-0.25, -0.2) is 4.68 Å². The lowest BCUT2D eigenvalue weighted by Gasteiger charge is -2.26. The van der Waals surface area contributed by atoms with Crippen molar-refractivity contribution in [1.82, 2.24) is 9.78 Å². The summed E-state index contributed by atoms with van der Waals surface area (Å²) in [5, 5.41) is 17.5. The number of hydrogen-bond acceptors (Lipinski definition) is 5. The molecule has 1 saturated heterocycles. The number of rotatable bonds is 5. The van der Waals surface area contributed by atoms with Crippen LogP contribution in [0.3, 0.4) is 0 Å². The summed E-state index contributed by atoms with van der Waals surface area (Å²) in [5.41, 5.74) is -0.820. The number of nitrogens with zero attached hydrogens (tertiary/aromatic N) is 2. The number of ether oxygens (including phenoxy) is 1. The summed E-state index contributed by atoms with van der Waals surface area (Å²) in [5.74, 6) is 0. The van der Waals surface area contributed by atoms with Crippen LogP contribution in [-0.2, 0) is 11.3 Å². The van der Waals surface area contributed by atoms with Gasteiger partial charge in [0.05, 0.1) is 18.0 Å². The van der Waals surface area contributed by atoms with Crippen LogP contribution in [0, 0.1) is 0 Å². The van der Waals surface area contributed by atoms with Gasteiger partial charge in [0.15, 0.2) is 0 Å². The van der Waals surface area contributed by atoms with E-state index >= 15 is 0 Å². The first kappa shape index (κ1) is 15.3. The molecule has 0 saturated carbocycles. The van der Waals surface area contributed by atoms with Crippen molar-refractivity contribution < 1.29 is 9.84 Å². The number of aliphatic hydroxyl groups is 1. The highest BCUT2D eigenvalue weighted by Crippen LogP contribution is 2.26. The Bertz CT molecular complexity index is 534. The molecule has 1 aliphatic rings. The number of nitrogens with one attached hydrogen (secondary N) is 1. The number of hydrogen-bond donors (Lipinski definition) is 2. The van der Waals surface area contributed by atoms with Crippen LogP contribution in [0.15, 0.2) is 11.0 Å². The lowest BCUT2D eigenvalue weighted by molar-refractivity contribution is -0.0176. The molecular weight excluding hydrogens is 282 g/mol. The highest BCUT2D eigenvalue weighted by molar-refractivity contribution is 6.32. The standard InChI is InChI=1S/C13H20ClN3O3/c1-3-5-17-12(18)11(14)10(7-16-17)15-8-13(19)4-6-20-9(13)2/h7,9,15,19H,3-6,8H2,1-2H3. The van der Waals surface area contributed by atoms with Gasteiger partial charge >= 0.3 is 0 Å². The Labute approximate surface area is 122 Å². The molecule has 0 aliphatic carbocycles. The van der Waals surface area contributed by atoms with Crippen LogP contribution in [0.5, 0.6) is 0 Å². The Morgan fingerprint density at radius 1 is 1.70 bits per heavy atom. The van der Waals surface area contributed by atoms with Gasteiger partial charge in [-0.15, -0.1) is 0 Å². The molecule has 1 fully saturated rings. The topological polar surface area (TPSA) is 76.4 Å². The third-order valence-corrected chi connectivity index (χ3v) is 4.03.